The van der Waals surface area contributed by atoms with Crippen molar-refractivity contribution < 1.29 is 24.3 Å². The fourth-order valence-electron chi connectivity index (χ4n) is 5.86. The number of nitrogens with zero attached hydrogens (tertiary/aromatic N) is 9. The summed E-state index contributed by atoms with van der Waals surface area (Å²) in [7, 11) is 0. The summed E-state index contributed by atoms with van der Waals surface area (Å²) in [6.07, 6.45) is 8.28. The van der Waals surface area contributed by atoms with Gasteiger partial charge in [0.2, 0.25) is 16.7 Å². The number of hydrogen-bond donors (Lipinski definition) is 3. The van der Waals surface area contributed by atoms with Gasteiger partial charge in [-0.2, -0.15) is 9.36 Å². The molecule has 2 aromatic rings. The third-order valence-electron chi connectivity index (χ3n) is 8.17. The van der Waals surface area contributed by atoms with E-state index in [1.54, 1.807) is 4.68 Å². The Kier molecular flexibility index (Phi) is 10.2. The predicted octanol–water partition coefficient (Wildman–Crippen LogP) is 1.18. The Morgan fingerprint density at radius 3 is 2.69 bits per heavy atom. The molecule has 19 heteroatoms. The van der Waals surface area contributed by atoms with E-state index < -0.39 is 29.2 Å². The maximum atomic E-state index is 13.3. The number of carbonyl (C=O) groups is 3. The van der Waals surface area contributed by atoms with E-state index >= 15 is 0 Å². The van der Waals surface area contributed by atoms with Crippen LogP contribution in [0.3, 0.4) is 0 Å². The van der Waals surface area contributed by atoms with Crippen LogP contribution in [0.2, 0.25) is 0 Å². The van der Waals surface area contributed by atoms with E-state index in [-0.39, 0.29) is 28.5 Å². The van der Waals surface area contributed by atoms with Crippen molar-refractivity contribution >= 4 is 63.7 Å². The summed E-state index contributed by atoms with van der Waals surface area (Å²) in [6.45, 7) is 3.91. The lowest BCUT2D eigenvalue weighted by molar-refractivity contribution is -0.150. The van der Waals surface area contributed by atoms with Crippen molar-refractivity contribution in [1.29, 1.82) is 0 Å². The number of aromatic nitrogens is 6. The van der Waals surface area contributed by atoms with Crippen LogP contribution in [0.4, 0.5) is 5.13 Å². The SMILES string of the molecule is Nc1nc(C(=NOC2CCCC2)C(=O)NC2C(=O)N3C(C(=O)O)=C(CSc4nnnn4CCCN4CCCCC4)CS[C@H]23)ns1. The van der Waals surface area contributed by atoms with Gasteiger partial charge in [-0.3, -0.25) is 14.5 Å². The molecule has 1 aliphatic carbocycles. The van der Waals surface area contributed by atoms with Crippen molar-refractivity contribution in [2.24, 2.45) is 5.16 Å². The zero-order valence-corrected chi connectivity index (χ0v) is 27.0. The maximum absolute atomic E-state index is 13.3. The summed E-state index contributed by atoms with van der Waals surface area (Å²) in [5, 5.41) is 29.1. The Morgan fingerprint density at radius 1 is 1.16 bits per heavy atom. The molecule has 3 aliphatic heterocycles. The molecule has 5 heterocycles. The second kappa shape index (κ2) is 14.4. The zero-order valence-electron chi connectivity index (χ0n) is 24.5. The molecule has 3 fully saturated rings. The number of oxime groups is 1. The van der Waals surface area contributed by atoms with Crippen LogP contribution >= 0.6 is 35.1 Å². The van der Waals surface area contributed by atoms with Gasteiger partial charge in [-0.15, -0.1) is 16.9 Å². The number of anilines is 1. The minimum Gasteiger partial charge on any atom is -0.477 e. The lowest BCUT2D eigenvalue weighted by atomic mass is 10.0. The van der Waals surface area contributed by atoms with E-state index in [2.05, 4.69) is 40.3 Å². The Labute approximate surface area is 271 Å². The number of nitrogens with one attached hydrogen (secondary N) is 1. The smallest absolute Gasteiger partial charge is 0.352 e. The second-order valence-electron chi connectivity index (χ2n) is 11.3. The molecule has 4 aliphatic rings. The molecule has 2 aromatic heterocycles. The molecule has 45 heavy (non-hydrogen) atoms. The zero-order chi connectivity index (χ0) is 31.3. The van der Waals surface area contributed by atoms with E-state index in [9.17, 15) is 19.5 Å². The summed E-state index contributed by atoms with van der Waals surface area (Å²) < 4.78 is 5.84. The molecular formula is C26H35N11O5S3. The van der Waals surface area contributed by atoms with Crippen LogP contribution in [0.25, 0.3) is 0 Å². The summed E-state index contributed by atoms with van der Waals surface area (Å²) in [5.41, 5.74) is 6.07. The van der Waals surface area contributed by atoms with Gasteiger partial charge in [0.05, 0.1) is 0 Å². The Morgan fingerprint density at radius 2 is 1.96 bits per heavy atom. The van der Waals surface area contributed by atoms with Crippen LogP contribution in [0.15, 0.2) is 21.6 Å². The van der Waals surface area contributed by atoms with Crippen molar-refractivity contribution in [2.45, 2.75) is 80.6 Å². The Bertz CT molecular complexity index is 1470. The van der Waals surface area contributed by atoms with Gasteiger partial charge in [0.25, 0.3) is 11.8 Å². The average molecular weight is 678 g/mol. The molecule has 2 atom stereocenters. The molecule has 0 radical (unpaired) electrons. The number of β-lactam (4-membered cyclic amide) rings is 1. The highest BCUT2D eigenvalue weighted by atomic mass is 32.2. The molecule has 2 saturated heterocycles. The monoisotopic (exact) mass is 677 g/mol. The summed E-state index contributed by atoms with van der Waals surface area (Å²) in [6, 6.07) is -0.953. The molecule has 6 rings (SSSR count). The first-order valence-corrected chi connectivity index (χ1v) is 17.9. The van der Waals surface area contributed by atoms with Crippen LogP contribution < -0.4 is 11.1 Å². The van der Waals surface area contributed by atoms with Gasteiger partial charge in [-0.05, 0) is 80.6 Å². The first-order valence-electron chi connectivity index (χ1n) is 15.0. The van der Waals surface area contributed by atoms with Gasteiger partial charge in [-0.25, -0.2) is 9.48 Å². The highest BCUT2D eigenvalue weighted by Crippen LogP contribution is 2.41. The van der Waals surface area contributed by atoms with Crippen LogP contribution in [0, 0.1) is 0 Å². The third kappa shape index (κ3) is 7.25. The molecule has 1 unspecified atom stereocenters. The number of carboxylic acid groups (broad SMARTS) is 1. The first-order chi connectivity index (χ1) is 21.9. The fraction of sp³-hybridized carbons (Fsp3) is 0.654. The third-order valence-corrected chi connectivity index (χ3v) is 11.1. The van der Waals surface area contributed by atoms with E-state index in [4.69, 9.17) is 10.6 Å². The summed E-state index contributed by atoms with van der Waals surface area (Å²) in [5.74, 6) is -1.75. The van der Waals surface area contributed by atoms with Crippen LogP contribution in [0.1, 0.15) is 57.2 Å². The van der Waals surface area contributed by atoms with E-state index in [1.807, 2.05) is 0 Å². The number of likely N-dealkylation sites (tertiary alicyclic amines) is 1. The predicted molar refractivity (Wildman–Crippen MR) is 167 cm³/mol. The number of aliphatic carboxylic acids is 1. The van der Waals surface area contributed by atoms with Crippen molar-refractivity contribution in [3.05, 3.63) is 17.1 Å². The Balaban J connectivity index is 1.08. The highest BCUT2D eigenvalue weighted by molar-refractivity contribution is 8.01. The number of carbonyl (C=O) groups excluding carboxylic acids is 2. The first kappa shape index (κ1) is 31.7. The van der Waals surface area contributed by atoms with Crippen molar-refractivity contribution in [3.63, 3.8) is 0 Å². The van der Waals surface area contributed by atoms with Gasteiger partial charge < -0.3 is 25.9 Å². The number of thioether (sulfide) groups is 2. The number of hydrogen-bond acceptors (Lipinski definition) is 15. The number of fused-ring (bicyclic) bond motifs is 1. The summed E-state index contributed by atoms with van der Waals surface area (Å²) in [4.78, 5) is 52.4. The molecule has 242 valence electrons. The van der Waals surface area contributed by atoms with Gasteiger partial charge in [-0.1, -0.05) is 23.3 Å². The average Bonchev–Trinajstić information content (AvgIpc) is 3.82. The van der Waals surface area contributed by atoms with Crippen LogP contribution in [-0.4, -0.2) is 117 Å². The van der Waals surface area contributed by atoms with Crippen LogP contribution in [-0.2, 0) is 25.8 Å². The molecule has 0 aromatic carbocycles. The minimum absolute atomic E-state index is 0.00666. The van der Waals surface area contributed by atoms with Gasteiger partial charge in [0, 0.05) is 29.6 Å². The van der Waals surface area contributed by atoms with Crippen molar-refractivity contribution in [2.75, 3.05) is 36.9 Å². The number of rotatable bonds is 13. The highest BCUT2D eigenvalue weighted by Gasteiger charge is 2.54. The quantitative estimate of drug-likeness (QED) is 0.118. The number of nitrogen functional groups attached to an aromatic ring is 1. The van der Waals surface area contributed by atoms with Gasteiger partial charge in [0.15, 0.2) is 5.13 Å². The lowest BCUT2D eigenvalue weighted by Crippen LogP contribution is -2.71. The molecule has 2 amide bonds. The topological polar surface area (TPSA) is 207 Å². The van der Waals surface area contributed by atoms with Crippen LogP contribution in [0.5, 0.6) is 0 Å². The normalized spacial score (nSPS) is 22.8. The largest absolute Gasteiger partial charge is 0.477 e. The maximum Gasteiger partial charge on any atom is 0.352 e. The number of tetrazole rings is 1. The molecule has 16 nitrogen and oxygen atoms in total. The van der Waals surface area contributed by atoms with Crippen molar-refractivity contribution in [3.8, 4) is 0 Å². The van der Waals surface area contributed by atoms with E-state index in [1.165, 1.54) is 47.7 Å². The molecule has 1 saturated carbocycles. The number of nitrogens with two attached hydrogens (primary N) is 1. The molecule has 0 spiro atoms. The number of piperidine rings is 1. The number of amides is 2. The Hall–Kier alpha value is -3.29. The summed E-state index contributed by atoms with van der Waals surface area (Å²) >= 11 is 3.64. The fourth-order valence-corrected chi connectivity index (χ4v) is 8.68. The van der Waals surface area contributed by atoms with Gasteiger partial charge >= 0.3 is 5.97 Å². The standard InChI is InChI=1S/C26H35N11O5S3/c27-25-29-20(32-45-25)17(31-42-16-7-2-3-8-16)21(38)28-18-22(39)37-19(24(40)41)15(13-43-23(18)37)14-44-26-30-33-34-36(26)12-6-11-35-9-4-1-5-10-35/h16,18,23H,1-14H2,(H,28,38)(H,40,41)(H2,27,29,32)/t18?,23-/m1/s1. The van der Waals surface area contributed by atoms with E-state index in [0.717, 1.165) is 63.3 Å². The molecule has 0 bridgehead atoms. The van der Waals surface area contributed by atoms with E-state index in [0.29, 0.717) is 28.8 Å². The molecule has 4 N–H and O–H groups in total. The number of carboxylic acids is 1. The lowest BCUT2D eigenvalue weighted by Gasteiger charge is -2.49. The second-order valence-corrected chi connectivity index (χ2v) is 14.1. The van der Waals surface area contributed by atoms with Crippen molar-refractivity contribution in [1.82, 2.24) is 44.7 Å². The molecular weight excluding hydrogens is 643 g/mol. The number of aryl methyl sites for hydroxylation is 1. The van der Waals surface area contributed by atoms with Gasteiger partial charge in [0.1, 0.15) is 23.2 Å². The minimum atomic E-state index is -1.20.